The van der Waals surface area contributed by atoms with Gasteiger partial charge in [-0.25, -0.2) is 17.2 Å². The molecule has 0 radical (unpaired) electrons. The van der Waals surface area contributed by atoms with Crippen LogP contribution in [0.1, 0.15) is 36.8 Å². The van der Waals surface area contributed by atoms with Crippen molar-refractivity contribution in [1.82, 2.24) is 0 Å². The molecule has 0 aliphatic heterocycles. The van der Waals surface area contributed by atoms with Crippen molar-refractivity contribution in [2.24, 2.45) is 11.7 Å². The van der Waals surface area contributed by atoms with Crippen molar-refractivity contribution in [3.63, 3.8) is 0 Å². The SMILES string of the molecule is NC(=O)C1CCC(c2cc(F)ccc2F)(S(=O)(=O)c2ccc(C(F)(F)F)cc2)CC1. The number of rotatable bonds is 4. The van der Waals surface area contributed by atoms with Crippen LogP contribution in [0.25, 0.3) is 0 Å². The minimum Gasteiger partial charge on any atom is -0.369 e. The number of hydrogen-bond donors (Lipinski definition) is 1. The molecule has 3 rings (SSSR count). The lowest BCUT2D eigenvalue weighted by Gasteiger charge is -2.39. The van der Waals surface area contributed by atoms with Gasteiger partial charge in [-0.3, -0.25) is 4.79 Å². The maximum atomic E-state index is 14.6. The van der Waals surface area contributed by atoms with E-state index >= 15 is 0 Å². The Morgan fingerprint density at radius 2 is 1.57 bits per heavy atom. The van der Waals surface area contributed by atoms with E-state index in [2.05, 4.69) is 0 Å². The Labute approximate surface area is 169 Å². The summed E-state index contributed by atoms with van der Waals surface area (Å²) in [4.78, 5) is 11.1. The molecule has 162 valence electrons. The van der Waals surface area contributed by atoms with Crippen molar-refractivity contribution in [3.05, 3.63) is 65.2 Å². The topological polar surface area (TPSA) is 77.2 Å². The van der Waals surface area contributed by atoms with Gasteiger partial charge in [0.25, 0.3) is 0 Å². The lowest BCUT2D eigenvalue weighted by Crippen LogP contribution is -2.42. The van der Waals surface area contributed by atoms with Crippen molar-refractivity contribution < 1.29 is 35.2 Å². The van der Waals surface area contributed by atoms with E-state index in [1.54, 1.807) is 0 Å². The summed E-state index contributed by atoms with van der Waals surface area (Å²) in [5.74, 6) is -3.07. The van der Waals surface area contributed by atoms with E-state index in [0.29, 0.717) is 12.1 Å². The normalized spacial score (nSPS) is 22.6. The van der Waals surface area contributed by atoms with Gasteiger partial charge < -0.3 is 5.73 Å². The lowest BCUT2D eigenvalue weighted by atomic mass is 9.77. The van der Waals surface area contributed by atoms with Gasteiger partial charge in [0.05, 0.1) is 10.5 Å². The van der Waals surface area contributed by atoms with Gasteiger partial charge in [0.2, 0.25) is 5.91 Å². The molecule has 4 nitrogen and oxygen atoms in total. The van der Waals surface area contributed by atoms with Gasteiger partial charge in [0.15, 0.2) is 9.84 Å². The molecule has 2 aromatic rings. The van der Waals surface area contributed by atoms with Crippen molar-refractivity contribution >= 4 is 15.7 Å². The minimum absolute atomic E-state index is 0.0190. The Hall–Kier alpha value is -2.49. The number of hydrogen-bond acceptors (Lipinski definition) is 3. The molecular formula is C20H18F5NO3S. The zero-order valence-electron chi connectivity index (χ0n) is 15.5. The van der Waals surface area contributed by atoms with Crippen LogP contribution in [0.5, 0.6) is 0 Å². The predicted molar refractivity (Wildman–Crippen MR) is 97.8 cm³/mol. The second kappa shape index (κ2) is 7.64. The van der Waals surface area contributed by atoms with E-state index in [1.807, 2.05) is 0 Å². The third-order valence-corrected chi connectivity index (χ3v) is 8.17. The third kappa shape index (κ3) is 3.80. The summed E-state index contributed by atoms with van der Waals surface area (Å²) in [5, 5.41) is 0. The molecule has 0 saturated heterocycles. The Morgan fingerprint density at radius 1 is 1.00 bits per heavy atom. The second-order valence-electron chi connectivity index (χ2n) is 7.32. The Kier molecular flexibility index (Phi) is 5.66. The first-order valence-corrected chi connectivity index (χ1v) is 10.5. The number of amides is 1. The van der Waals surface area contributed by atoms with E-state index in [1.165, 1.54) is 0 Å². The molecule has 2 aromatic carbocycles. The molecule has 1 aliphatic rings. The number of benzene rings is 2. The first kappa shape index (κ1) is 22.2. The van der Waals surface area contributed by atoms with Crippen LogP contribution in [0.15, 0.2) is 47.4 Å². The zero-order chi connectivity index (χ0) is 22.3. The van der Waals surface area contributed by atoms with Crippen LogP contribution >= 0.6 is 0 Å². The first-order chi connectivity index (χ1) is 13.9. The zero-order valence-corrected chi connectivity index (χ0v) is 16.4. The number of alkyl halides is 3. The first-order valence-electron chi connectivity index (χ1n) is 9.05. The highest BCUT2D eigenvalue weighted by molar-refractivity contribution is 7.92. The van der Waals surface area contributed by atoms with E-state index in [0.717, 1.165) is 30.3 Å². The maximum Gasteiger partial charge on any atom is 0.416 e. The fourth-order valence-corrected chi connectivity index (χ4v) is 6.11. The highest BCUT2D eigenvalue weighted by Gasteiger charge is 2.50. The standard InChI is InChI=1S/C20H18F5NO3S/c21-14-3-6-17(22)16(11-14)19(9-7-12(8-10-19)18(26)27)30(28,29)15-4-1-13(2-5-15)20(23,24)25/h1-6,11-12H,7-10H2,(H2,26,27). The summed E-state index contributed by atoms with van der Waals surface area (Å²) in [5.41, 5.74) is 3.85. The molecule has 0 bridgehead atoms. The fourth-order valence-electron chi connectivity index (χ4n) is 3.95. The molecule has 0 unspecified atom stereocenters. The summed E-state index contributed by atoms with van der Waals surface area (Å²) in [7, 11) is -4.45. The summed E-state index contributed by atoms with van der Waals surface area (Å²) in [6.07, 6.45) is -5.08. The fraction of sp³-hybridized carbons (Fsp3) is 0.350. The molecule has 0 heterocycles. The van der Waals surface area contributed by atoms with E-state index in [9.17, 15) is 35.2 Å². The van der Waals surface area contributed by atoms with Crippen molar-refractivity contribution in [3.8, 4) is 0 Å². The van der Waals surface area contributed by atoms with Gasteiger partial charge in [0.1, 0.15) is 16.4 Å². The number of carbonyl (C=O) groups is 1. The summed E-state index contributed by atoms with van der Waals surface area (Å²) >= 11 is 0. The van der Waals surface area contributed by atoms with Crippen molar-refractivity contribution in [1.29, 1.82) is 0 Å². The number of primary amides is 1. The lowest BCUT2D eigenvalue weighted by molar-refractivity contribution is -0.137. The predicted octanol–water partition coefficient (Wildman–Crippen LogP) is 4.33. The Morgan fingerprint density at radius 3 is 2.07 bits per heavy atom. The molecule has 1 saturated carbocycles. The van der Waals surface area contributed by atoms with Crippen LogP contribution in [0.4, 0.5) is 22.0 Å². The Balaban J connectivity index is 2.15. The molecule has 2 N–H and O–H groups in total. The maximum absolute atomic E-state index is 14.6. The molecule has 0 atom stereocenters. The van der Waals surface area contributed by atoms with Crippen LogP contribution in [0.3, 0.4) is 0 Å². The molecule has 1 fully saturated rings. The molecule has 1 aliphatic carbocycles. The van der Waals surface area contributed by atoms with E-state index < -0.39 is 60.2 Å². The van der Waals surface area contributed by atoms with Crippen LogP contribution in [-0.2, 0) is 25.6 Å². The number of sulfone groups is 1. The van der Waals surface area contributed by atoms with Crippen LogP contribution in [0, 0.1) is 17.6 Å². The van der Waals surface area contributed by atoms with Crippen molar-refractivity contribution in [2.45, 2.75) is 41.5 Å². The number of nitrogens with two attached hydrogens (primary N) is 1. The largest absolute Gasteiger partial charge is 0.416 e. The molecule has 0 spiro atoms. The summed E-state index contributed by atoms with van der Waals surface area (Å²) in [6, 6.07) is 5.27. The number of halogens is 5. The molecular weight excluding hydrogens is 429 g/mol. The van der Waals surface area contributed by atoms with Crippen LogP contribution in [-0.4, -0.2) is 14.3 Å². The van der Waals surface area contributed by atoms with Crippen molar-refractivity contribution in [2.75, 3.05) is 0 Å². The van der Waals surface area contributed by atoms with Gasteiger partial charge in [-0.2, -0.15) is 13.2 Å². The van der Waals surface area contributed by atoms with E-state index in [-0.39, 0.29) is 25.7 Å². The van der Waals surface area contributed by atoms with E-state index in [4.69, 9.17) is 5.73 Å². The van der Waals surface area contributed by atoms with Gasteiger partial charge in [0, 0.05) is 11.5 Å². The van der Waals surface area contributed by atoms with Gasteiger partial charge in [-0.05, 0) is 68.1 Å². The highest BCUT2D eigenvalue weighted by atomic mass is 32.2. The average molecular weight is 447 g/mol. The third-order valence-electron chi connectivity index (χ3n) is 5.62. The summed E-state index contributed by atoms with van der Waals surface area (Å²) in [6.45, 7) is 0. The minimum atomic E-state index is -4.66. The molecule has 0 aromatic heterocycles. The van der Waals surface area contributed by atoms with Gasteiger partial charge in [-0.1, -0.05) is 0 Å². The van der Waals surface area contributed by atoms with Crippen LogP contribution in [0.2, 0.25) is 0 Å². The highest BCUT2D eigenvalue weighted by Crippen LogP contribution is 2.49. The molecule has 10 heteroatoms. The van der Waals surface area contributed by atoms with Gasteiger partial charge in [-0.15, -0.1) is 0 Å². The smallest absolute Gasteiger partial charge is 0.369 e. The number of carbonyl (C=O) groups excluding carboxylic acids is 1. The summed E-state index contributed by atoms with van der Waals surface area (Å²) < 4.78 is 92.2. The monoisotopic (exact) mass is 447 g/mol. The van der Waals surface area contributed by atoms with Gasteiger partial charge >= 0.3 is 6.18 Å². The molecule has 30 heavy (non-hydrogen) atoms. The Bertz CT molecular complexity index is 1060. The molecule has 1 amide bonds. The average Bonchev–Trinajstić information content (AvgIpc) is 2.69. The quantitative estimate of drug-likeness (QED) is 0.709. The van der Waals surface area contributed by atoms with Crippen LogP contribution < -0.4 is 5.73 Å². The second-order valence-corrected chi connectivity index (χ2v) is 9.58.